The topological polar surface area (TPSA) is 48.0 Å². The summed E-state index contributed by atoms with van der Waals surface area (Å²) >= 11 is 0. The highest BCUT2D eigenvalue weighted by atomic mass is 16.7. The zero-order chi connectivity index (χ0) is 20.8. The van der Waals surface area contributed by atoms with E-state index < -0.39 is 0 Å². The number of esters is 1. The highest BCUT2D eigenvalue weighted by Crippen LogP contribution is 2.32. The molecular formula is C25H25NO4. The maximum absolute atomic E-state index is 12.6. The first-order valence-corrected chi connectivity index (χ1v) is 10.1. The van der Waals surface area contributed by atoms with Crippen molar-refractivity contribution in [2.45, 2.75) is 26.1 Å². The van der Waals surface area contributed by atoms with Gasteiger partial charge in [0.15, 0.2) is 11.5 Å². The summed E-state index contributed by atoms with van der Waals surface area (Å²) in [5, 5.41) is 0. The van der Waals surface area contributed by atoms with E-state index in [1.807, 2.05) is 43.3 Å². The van der Waals surface area contributed by atoms with Gasteiger partial charge in [-0.05, 0) is 36.2 Å². The minimum Gasteiger partial charge on any atom is -0.458 e. The van der Waals surface area contributed by atoms with E-state index in [2.05, 4.69) is 29.2 Å². The lowest BCUT2D eigenvalue weighted by molar-refractivity contribution is 0.0237. The number of ether oxygens (including phenoxy) is 3. The van der Waals surface area contributed by atoms with E-state index in [1.54, 1.807) is 18.2 Å². The van der Waals surface area contributed by atoms with Crippen LogP contribution in [0.4, 0.5) is 0 Å². The van der Waals surface area contributed by atoms with Crippen LogP contribution in [0.3, 0.4) is 0 Å². The van der Waals surface area contributed by atoms with E-state index in [9.17, 15) is 4.79 Å². The Kier molecular flexibility index (Phi) is 6.30. The summed E-state index contributed by atoms with van der Waals surface area (Å²) in [6, 6.07) is 25.8. The molecule has 154 valence electrons. The van der Waals surface area contributed by atoms with Crippen LogP contribution >= 0.6 is 0 Å². The Morgan fingerprint density at radius 2 is 1.50 bits per heavy atom. The minimum absolute atomic E-state index is 0.179. The fourth-order valence-corrected chi connectivity index (χ4v) is 3.54. The van der Waals surface area contributed by atoms with Gasteiger partial charge in [0.05, 0.1) is 5.56 Å². The third-order valence-corrected chi connectivity index (χ3v) is 4.93. The monoisotopic (exact) mass is 403 g/mol. The van der Waals surface area contributed by atoms with Crippen molar-refractivity contribution < 1.29 is 19.0 Å². The molecular weight excluding hydrogens is 378 g/mol. The molecule has 0 N–H and O–H groups in total. The first-order chi connectivity index (χ1) is 14.7. The smallest absolute Gasteiger partial charge is 0.338 e. The zero-order valence-corrected chi connectivity index (χ0v) is 17.0. The Balaban J connectivity index is 1.41. The summed E-state index contributed by atoms with van der Waals surface area (Å²) in [6.07, 6.45) is -0.268. The van der Waals surface area contributed by atoms with E-state index in [-0.39, 0.29) is 18.9 Å². The average molecular weight is 403 g/mol. The van der Waals surface area contributed by atoms with Crippen LogP contribution in [0.15, 0.2) is 78.9 Å². The van der Waals surface area contributed by atoms with Crippen LogP contribution in [-0.4, -0.2) is 30.3 Å². The summed E-state index contributed by atoms with van der Waals surface area (Å²) in [4.78, 5) is 14.9. The molecule has 5 heteroatoms. The Morgan fingerprint density at radius 1 is 0.900 bits per heavy atom. The number of fused-ring (bicyclic) bond motifs is 1. The molecule has 5 nitrogen and oxygen atoms in total. The molecule has 1 heterocycles. The van der Waals surface area contributed by atoms with Crippen molar-refractivity contribution in [2.24, 2.45) is 0 Å². The molecule has 1 aliphatic heterocycles. The highest BCUT2D eigenvalue weighted by Gasteiger charge is 2.20. The summed E-state index contributed by atoms with van der Waals surface area (Å²) in [6.45, 7) is 4.29. The lowest BCUT2D eigenvalue weighted by Crippen LogP contribution is -2.33. The number of carbonyl (C=O) groups is 1. The quantitative estimate of drug-likeness (QED) is 0.512. The Hall–Kier alpha value is -3.31. The molecule has 0 fully saturated rings. The van der Waals surface area contributed by atoms with Crippen molar-refractivity contribution >= 4 is 5.97 Å². The average Bonchev–Trinajstić information content (AvgIpc) is 3.23. The maximum atomic E-state index is 12.6. The summed E-state index contributed by atoms with van der Waals surface area (Å²) < 4.78 is 16.4. The molecule has 0 bridgehead atoms. The van der Waals surface area contributed by atoms with Crippen LogP contribution in [-0.2, 0) is 17.8 Å². The lowest BCUT2D eigenvalue weighted by Gasteiger charge is -2.26. The maximum Gasteiger partial charge on any atom is 0.338 e. The van der Waals surface area contributed by atoms with Gasteiger partial charge in [-0.25, -0.2) is 4.79 Å². The van der Waals surface area contributed by atoms with Gasteiger partial charge in [-0.3, -0.25) is 4.90 Å². The molecule has 3 aromatic carbocycles. The highest BCUT2D eigenvalue weighted by molar-refractivity contribution is 5.90. The number of hydrogen-bond donors (Lipinski definition) is 0. The molecule has 0 saturated carbocycles. The van der Waals surface area contributed by atoms with Gasteiger partial charge >= 0.3 is 5.97 Å². The van der Waals surface area contributed by atoms with Crippen molar-refractivity contribution in [3.8, 4) is 11.5 Å². The molecule has 3 aromatic rings. The molecule has 30 heavy (non-hydrogen) atoms. The lowest BCUT2D eigenvalue weighted by atomic mass is 10.1. The molecule has 0 spiro atoms. The SMILES string of the molecule is CC(CN(Cc1ccccc1)Cc1ccccc1)OC(=O)c1ccc2c(c1)OCO2. The largest absolute Gasteiger partial charge is 0.458 e. The predicted octanol–water partition coefficient (Wildman–Crippen LogP) is 4.66. The summed E-state index contributed by atoms with van der Waals surface area (Å²) in [5.74, 6) is 0.864. The fourth-order valence-electron chi connectivity index (χ4n) is 3.54. The second-order valence-corrected chi connectivity index (χ2v) is 7.42. The number of nitrogens with zero attached hydrogens (tertiary/aromatic N) is 1. The van der Waals surface area contributed by atoms with Gasteiger partial charge in [-0.1, -0.05) is 60.7 Å². The van der Waals surface area contributed by atoms with Crippen molar-refractivity contribution in [3.63, 3.8) is 0 Å². The predicted molar refractivity (Wildman–Crippen MR) is 114 cm³/mol. The van der Waals surface area contributed by atoms with E-state index in [0.29, 0.717) is 23.6 Å². The van der Waals surface area contributed by atoms with Crippen molar-refractivity contribution in [2.75, 3.05) is 13.3 Å². The van der Waals surface area contributed by atoms with E-state index in [0.717, 1.165) is 13.1 Å². The van der Waals surface area contributed by atoms with Crippen molar-refractivity contribution in [1.82, 2.24) is 4.90 Å². The standard InChI is InChI=1S/C25H25NO4/c1-19(30-25(27)22-12-13-23-24(14-22)29-18-28-23)15-26(16-20-8-4-2-5-9-20)17-21-10-6-3-7-11-21/h2-14,19H,15-18H2,1H3. The first kappa shape index (κ1) is 20.0. The molecule has 0 radical (unpaired) electrons. The molecule has 1 atom stereocenters. The van der Waals surface area contributed by atoms with Crippen molar-refractivity contribution in [1.29, 1.82) is 0 Å². The minimum atomic E-state index is -0.361. The van der Waals surface area contributed by atoms with Gasteiger partial charge < -0.3 is 14.2 Å². The van der Waals surface area contributed by atoms with Gasteiger partial charge in [0.25, 0.3) is 0 Å². The molecule has 0 aliphatic carbocycles. The van der Waals surface area contributed by atoms with Crippen LogP contribution in [0.5, 0.6) is 11.5 Å². The second kappa shape index (κ2) is 9.46. The molecule has 1 aliphatic rings. The van der Waals surface area contributed by atoms with Crippen molar-refractivity contribution in [3.05, 3.63) is 95.6 Å². The number of hydrogen-bond acceptors (Lipinski definition) is 5. The first-order valence-electron chi connectivity index (χ1n) is 10.1. The Morgan fingerprint density at radius 3 is 2.13 bits per heavy atom. The normalized spacial score (nSPS) is 13.3. The second-order valence-electron chi connectivity index (χ2n) is 7.42. The third kappa shape index (κ3) is 5.19. The van der Waals surface area contributed by atoms with Gasteiger partial charge in [0, 0.05) is 19.6 Å². The van der Waals surface area contributed by atoms with Gasteiger partial charge in [-0.15, -0.1) is 0 Å². The van der Waals surface area contributed by atoms with Gasteiger partial charge in [-0.2, -0.15) is 0 Å². The molecule has 1 unspecified atom stereocenters. The van der Waals surface area contributed by atoms with Gasteiger partial charge in [0.1, 0.15) is 6.10 Å². The number of benzene rings is 3. The van der Waals surface area contributed by atoms with E-state index >= 15 is 0 Å². The molecule has 0 amide bonds. The third-order valence-electron chi connectivity index (χ3n) is 4.93. The fraction of sp³-hybridized carbons (Fsp3) is 0.240. The van der Waals surface area contributed by atoms with Gasteiger partial charge in [0.2, 0.25) is 6.79 Å². The Labute approximate surface area is 176 Å². The molecule has 4 rings (SSSR count). The van der Waals surface area contributed by atoms with Crippen LogP contribution in [0.2, 0.25) is 0 Å². The molecule has 0 aromatic heterocycles. The van der Waals surface area contributed by atoms with E-state index in [1.165, 1.54) is 11.1 Å². The number of rotatable bonds is 8. The Bertz CT molecular complexity index is 933. The molecule has 0 saturated heterocycles. The van der Waals surface area contributed by atoms with Crippen LogP contribution in [0, 0.1) is 0 Å². The van der Waals surface area contributed by atoms with Crippen LogP contribution in [0.25, 0.3) is 0 Å². The van der Waals surface area contributed by atoms with E-state index in [4.69, 9.17) is 14.2 Å². The summed E-state index contributed by atoms with van der Waals surface area (Å²) in [7, 11) is 0. The number of carbonyl (C=O) groups excluding carboxylic acids is 1. The summed E-state index contributed by atoms with van der Waals surface area (Å²) in [5.41, 5.74) is 2.91. The zero-order valence-electron chi connectivity index (χ0n) is 17.0. The van der Waals surface area contributed by atoms with Crippen LogP contribution in [0.1, 0.15) is 28.4 Å². The van der Waals surface area contributed by atoms with Crippen LogP contribution < -0.4 is 9.47 Å².